The number of thiophene rings is 1. The van der Waals surface area contributed by atoms with Gasteiger partial charge in [-0.15, -0.1) is 11.3 Å². The summed E-state index contributed by atoms with van der Waals surface area (Å²) in [7, 11) is 0. The van der Waals surface area contributed by atoms with Crippen LogP contribution >= 0.6 is 11.3 Å². The van der Waals surface area contributed by atoms with Gasteiger partial charge in [-0.25, -0.2) is 5.43 Å². The predicted octanol–water partition coefficient (Wildman–Crippen LogP) is 3.21. The molecule has 5 nitrogen and oxygen atoms in total. The number of benzene rings is 1. The van der Waals surface area contributed by atoms with Crippen LogP contribution in [0.4, 0.5) is 0 Å². The lowest BCUT2D eigenvalue weighted by Gasteiger charge is -1.94. The van der Waals surface area contributed by atoms with E-state index in [9.17, 15) is 4.79 Å². The molecule has 2 N–H and O–H groups in total. The van der Waals surface area contributed by atoms with Crippen LogP contribution in [0, 0.1) is 6.92 Å². The second kappa shape index (κ2) is 6.36. The van der Waals surface area contributed by atoms with Crippen molar-refractivity contribution in [3.8, 4) is 10.6 Å². The highest BCUT2D eigenvalue weighted by Gasteiger charge is 2.11. The molecule has 22 heavy (non-hydrogen) atoms. The Labute approximate surface area is 131 Å². The SMILES string of the molecule is Cc1ccc(-c2cc(C(=O)NN=Cc3ccccc3)n[nH]2)s1. The highest BCUT2D eigenvalue weighted by molar-refractivity contribution is 7.15. The molecule has 3 rings (SSSR count). The van der Waals surface area contributed by atoms with Crippen LogP contribution in [0.1, 0.15) is 20.9 Å². The van der Waals surface area contributed by atoms with Gasteiger partial charge in [0.25, 0.3) is 5.91 Å². The van der Waals surface area contributed by atoms with Crippen molar-refractivity contribution in [2.45, 2.75) is 6.92 Å². The summed E-state index contributed by atoms with van der Waals surface area (Å²) in [5.74, 6) is -0.344. The monoisotopic (exact) mass is 310 g/mol. The molecule has 0 aliphatic rings. The molecule has 110 valence electrons. The van der Waals surface area contributed by atoms with Gasteiger partial charge in [0.2, 0.25) is 0 Å². The Bertz CT molecular complexity index is 804. The largest absolute Gasteiger partial charge is 0.291 e. The van der Waals surface area contributed by atoms with Crippen LogP contribution in [-0.4, -0.2) is 22.3 Å². The Balaban J connectivity index is 1.66. The zero-order valence-electron chi connectivity index (χ0n) is 11.9. The maximum absolute atomic E-state index is 12.0. The van der Waals surface area contributed by atoms with Gasteiger partial charge in [0.1, 0.15) is 0 Å². The van der Waals surface area contributed by atoms with Crippen molar-refractivity contribution < 1.29 is 4.79 Å². The number of carbonyl (C=O) groups is 1. The third kappa shape index (κ3) is 3.29. The molecule has 1 aromatic carbocycles. The summed E-state index contributed by atoms with van der Waals surface area (Å²) in [5, 5.41) is 10.8. The summed E-state index contributed by atoms with van der Waals surface area (Å²) < 4.78 is 0. The van der Waals surface area contributed by atoms with E-state index in [1.165, 1.54) is 4.88 Å². The Hall–Kier alpha value is -2.73. The van der Waals surface area contributed by atoms with Gasteiger partial charge in [-0.2, -0.15) is 10.2 Å². The number of aromatic nitrogens is 2. The smallest absolute Gasteiger partial charge is 0.276 e. The van der Waals surface area contributed by atoms with Gasteiger partial charge in [-0.3, -0.25) is 9.89 Å². The minimum Gasteiger partial charge on any atom is -0.276 e. The van der Waals surface area contributed by atoms with Gasteiger partial charge in [-0.1, -0.05) is 30.3 Å². The summed E-state index contributed by atoms with van der Waals surface area (Å²) in [5.41, 5.74) is 4.53. The molecule has 0 radical (unpaired) electrons. The fourth-order valence-electron chi connectivity index (χ4n) is 1.91. The molecule has 0 aliphatic heterocycles. The lowest BCUT2D eigenvalue weighted by atomic mass is 10.2. The number of aryl methyl sites for hydroxylation is 1. The minimum atomic E-state index is -0.344. The predicted molar refractivity (Wildman–Crippen MR) is 88.1 cm³/mol. The number of hydrogen-bond acceptors (Lipinski definition) is 4. The van der Waals surface area contributed by atoms with E-state index in [0.717, 1.165) is 16.1 Å². The van der Waals surface area contributed by atoms with E-state index in [1.807, 2.05) is 49.4 Å². The fraction of sp³-hybridized carbons (Fsp3) is 0.0625. The number of amides is 1. The second-order valence-corrected chi connectivity index (χ2v) is 5.97. The molecule has 3 aromatic rings. The van der Waals surface area contributed by atoms with Crippen LogP contribution in [0.5, 0.6) is 0 Å². The second-order valence-electron chi connectivity index (χ2n) is 4.69. The average molecular weight is 310 g/mol. The molecular formula is C16H14N4OS. The van der Waals surface area contributed by atoms with Gasteiger partial charge >= 0.3 is 0 Å². The average Bonchev–Trinajstić information content (AvgIpc) is 3.17. The molecule has 2 aromatic heterocycles. The summed E-state index contributed by atoms with van der Waals surface area (Å²) >= 11 is 1.65. The first-order chi connectivity index (χ1) is 10.7. The number of carbonyl (C=O) groups excluding carboxylic acids is 1. The van der Waals surface area contributed by atoms with Crippen LogP contribution in [0.2, 0.25) is 0 Å². The van der Waals surface area contributed by atoms with Crippen molar-refractivity contribution >= 4 is 23.5 Å². The Morgan fingerprint density at radius 3 is 2.82 bits per heavy atom. The molecule has 0 saturated carbocycles. The lowest BCUT2D eigenvalue weighted by molar-refractivity contribution is 0.0950. The van der Waals surface area contributed by atoms with Gasteiger partial charge in [0, 0.05) is 4.88 Å². The quantitative estimate of drug-likeness (QED) is 0.574. The maximum atomic E-state index is 12.0. The highest BCUT2D eigenvalue weighted by Crippen LogP contribution is 2.26. The highest BCUT2D eigenvalue weighted by atomic mass is 32.1. The van der Waals surface area contributed by atoms with Gasteiger partial charge in [0.05, 0.1) is 16.8 Å². The third-order valence-corrected chi connectivity index (χ3v) is 4.03. The number of hydrogen-bond donors (Lipinski definition) is 2. The van der Waals surface area contributed by atoms with Crippen molar-refractivity contribution in [1.29, 1.82) is 0 Å². The van der Waals surface area contributed by atoms with Crippen LogP contribution in [-0.2, 0) is 0 Å². The minimum absolute atomic E-state index is 0.311. The van der Waals surface area contributed by atoms with Crippen molar-refractivity contribution in [2.75, 3.05) is 0 Å². The Kier molecular flexibility index (Phi) is 4.11. The standard InChI is InChI=1S/C16H14N4OS/c1-11-7-8-15(22-11)13-9-14(19-18-13)16(21)20-17-10-12-5-3-2-4-6-12/h2-10H,1H3,(H,18,19)(H,20,21). The van der Waals surface area contributed by atoms with E-state index in [-0.39, 0.29) is 5.91 Å². The van der Waals surface area contributed by atoms with Crippen molar-refractivity contribution in [2.24, 2.45) is 5.10 Å². The van der Waals surface area contributed by atoms with E-state index < -0.39 is 0 Å². The summed E-state index contributed by atoms with van der Waals surface area (Å²) in [6.07, 6.45) is 1.59. The van der Waals surface area contributed by atoms with Crippen LogP contribution < -0.4 is 5.43 Å². The van der Waals surface area contributed by atoms with E-state index in [1.54, 1.807) is 23.6 Å². The lowest BCUT2D eigenvalue weighted by Crippen LogP contribution is -2.17. The third-order valence-electron chi connectivity index (χ3n) is 3.00. The molecule has 0 fully saturated rings. The topological polar surface area (TPSA) is 70.1 Å². The summed E-state index contributed by atoms with van der Waals surface area (Å²) in [4.78, 5) is 14.2. The molecule has 0 saturated heterocycles. The normalized spacial score (nSPS) is 11.0. The van der Waals surface area contributed by atoms with Crippen LogP contribution in [0.15, 0.2) is 53.6 Å². The van der Waals surface area contributed by atoms with Crippen molar-refractivity contribution in [1.82, 2.24) is 15.6 Å². The molecule has 0 unspecified atom stereocenters. The first-order valence-electron chi connectivity index (χ1n) is 6.73. The number of nitrogens with one attached hydrogen (secondary N) is 2. The Morgan fingerprint density at radius 2 is 2.09 bits per heavy atom. The number of hydrazone groups is 1. The van der Waals surface area contributed by atoms with E-state index in [0.29, 0.717) is 5.69 Å². The molecule has 0 aliphatic carbocycles. The summed E-state index contributed by atoms with van der Waals surface area (Å²) in [6, 6.07) is 15.3. The fourth-order valence-corrected chi connectivity index (χ4v) is 2.74. The number of nitrogens with zero attached hydrogens (tertiary/aromatic N) is 2. The maximum Gasteiger partial charge on any atom is 0.291 e. The van der Waals surface area contributed by atoms with E-state index in [2.05, 4.69) is 20.7 Å². The van der Waals surface area contributed by atoms with E-state index in [4.69, 9.17) is 0 Å². The number of aromatic amines is 1. The van der Waals surface area contributed by atoms with E-state index >= 15 is 0 Å². The van der Waals surface area contributed by atoms with Crippen molar-refractivity contribution in [3.05, 3.63) is 64.7 Å². The molecular weight excluding hydrogens is 296 g/mol. The van der Waals surface area contributed by atoms with Gasteiger partial charge in [-0.05, 0) is 30.7 Å². The van der Waals surface area contributed by atoms with Crippen LogP contribution in [0.25, 0.3) is 10.6 Å². The number of H-pyrrole nitrogens is 1. The molecule has 0 spiro atoms. The molecule has 0 bridgehead atoms. The molecule has 6 heteroatoms. The molecule has 1 amide bonds. The number of rotatable bonds is 4. The van der Waals surface area contributed by atoms with Gasteiger partial charge < -0.3 is 0 Å². The first-order valence-corrected chi connectivity index (χ1v) is 7.55. The Morgan fingerprint density at radius 1 is 1.27 bits per heavy atom. The zero-order chi connectivity index (χ0) is 15.4. The van der Waals surface area contributed by atoms with Gasteiger partial charge in [0.15, 0.2) is 5.69 Å². The zero-order valence-corrected chi connectivity index (χ0v) is 12.7. The summed E-state index contributed by atoms with van der Waals surface area (Å²) in [6.45, 7) is 2.04. The van der Waals surface area contributed by atoms with Crippen molar-refractivity contribution in [3.63, 3.8) is 0 Å². The first kappa shape index (κ1) is 14.2. The molecule has 0 atom stereocenters. The van der Waals surface area contributed by atoms with Crippen LogP contribution in [0.3, 0.4) is 0 Å². The molecule has 2 heterocycles.